The molecule has 0 aliphatic heterocycles. The molecule has 2 aromatic rings. The monoisotopic (exact) mass is 312 g/mol. The van der Waals surface area contributed by atoms with Crippen LogP contribution in [-0.4, -0.2) is 19.5 Å². The maximum Gasteiger partial charge on any atom is 0.215 e. The van der Waals surface area contributed by atoms with E-state index in [2.05, 4.69) is 4.72 Å². The maximum atomic E-state index is 12.0. The number of halogens is 1. The fourth-order valence-electron chi connectivity index (χ4n) is 1.93. The third-order valence-electron chi connectivity index (χ3n) is 2.93. The summed E-state index contributed by atoms with van der Waals surface area (Å²) in [6.45, 7) is 0.386. The highest BCUT2D eigenvalue weighted by atomic mass is 35.5. The van der Waals surface area contributed by atoms with Crippen molar-refractivity contribution in [3.63, 3.8) is 0 Å². The van der Waals surface area contributed by atoms with Crippen molar-refractivity contribution < 1.29 is 8.42 Å². The van der Waals surface area contributed by atoms with E-state index >= 15 is 0 Å². The summed E-state index contributed by atoms with van der Waals surface area (Å²) in [5, 5.41) is 0.473. The molecule has 0 saturated heterocycles. The standard InChI is InChI=1S/C14H17ClN2O2S/c1-17-9-7-12(10-17)6-8-16-20(18,19)11-13-4-2-3-5-14(13)15/h2-5,7,9-10,16H,6,8,11H2,1H3. The molecule has 0 radical (unpaired) electrons. The van der Waals surface area contributed by atoms with E-state index in [9.17, 15) is 8.42 Å². The molecule has 1 aromatic carbocycles. The zero-order valence-electron chi connectivity index (χ0n) is 11.2. The van der Waals surface area contributed by atoms with Gasteiger partial charge in [0.2, 0.25) is 10.0 Å². The summed E-state index contributed by atoms with van der Waals surface area (Å²) in [5.41, 5.74) is 1.72. The molecule has 0 aliphatic rings. The van der Waals surface area contributed by atoms with Crippen molar-refractivity contribution >= 4 is 21.6 Å². The molecule has 0 aliphatic carbocycles. The Kier molecular flexibility index (Phi) is 4.86. The molecule has 0 saturated carbocycles. The molecule has 6 heteroatoms. The Morgan fingerprint density at radius 3 is 2.65 bits per heavy atom. The maximum absolute atomic E-state index is 12.0. The van der Waals surface area contributed by atoms with Crippen LogP contribution in [0.15, 0.2) is 42.7 Å². The quantitative estimate of drug-likeness (QED) is 0.890. The van der Waals surface area contributed by atoms with Crippen LogP contribution in [0.3, 0.4) is 0 Å². The third kappa shape index (κ3) is 4.37. The topological polar surface area (TPSA) is 51.1 Å². The predicted molar refractivity (Wildman–Crippen MR) is 81.2 cm³/mol. The van der Waals surface area contributed by atoms with E-state index < -0.39 is 10.0 Å². The molecular formula is C14H17ClN2O2S. The van der Waals surface area contributed by atoms with Gasteiger partial charge >= 0.3 is 0 Å². The van der Waals surface area contributed by atoms with E-state index in [1.807, 2.05) is 30.1 Å². The Labute approximate surface area is 124 Å². The average Bonchev–Trinajstić information content (AvgIpc) is 2.77. The summed E-state index contributed by atoms with van der Waals surface area (Å²) in [6.07, 6.45) is 4.58. The number of hydrogen-bond acceptors (Lipinski definition) is 2. The number of nitrogens with zero attached hydrogens (tertiary/aromatic N) is 1. The number of benzene rings is 1. The van der Waals surface area contributed by atoms with Gasteiger partial charge in [-0.1, -0.05) is 29.8 Å². The number of hydrogen-bond donors (Lipinski definition) is 1. The second-order valence-corrected chi connectivity index (χ2v) is 6.89. The van der Waals surface area contributed by atoms with Crippen LogP contribution in [0.4, 0.5) is 0 Å². The Morgan fingerprint density at radius 2 is 2.00 bits per heavy atom. The van der Waals surface area contributed by atoms with Crippen molar-refractivity contribution in [2.45, 2.75) is 12.2 Å². The minimum Gasteiger partial charge on any atom is -0.357 e. The van der Waals surface area contributed by atoms with Gasteiger partial charge < -0.3 is 4.57 Å². The van der Waals surface area contributed by atoms with Gasteiger partial charge in [0.15, 0.2) is 0 Å². The molecule has 1 N–H and O–H groups in total. The van der Waals surface area contributed by atoms with Gasteiger partial charge in [-0.15, -0.1) is 0 Å². The zero-order valence-corrected chi connectivity index (χ0v) is 12.8. The second-order valence-electron chi connectivity index (χ2n) is 4.68. The molecular weight excluding hydrogens is 296 g/mol. The van der Waals surface area contributed by atoms with Gasteiger partial charge in [0.25, 0.3) is 0 Å². The van der Waals surface area contributed by atoms with Crippen LogP contribution in [0.2, 0.25) is 5.02 Å². The van der Waals surface area contributed by atoms with Crippen LogP contribution in [0.5, 0.6) is 0 Å². The summed E-state index contributed by atoms with van der Waals surface area (Å²) in [6, 6.07) is 8.94. The van der Waals surface area contributed by atoms with Gasteiger partial charge in [-0.3, -0.25) is 0 Å². The molecule has 0 spiro atoms. The van der Waals surface area contributed by atoms with Crippen LogP contribution in [0.1, 0.15) is 11.1 Å². The number of nitrogens with one attached hydrogen (secondary N) is 1. The number of sulfonamides is 1. The fourth-order valence-corrected chi connectivity index (χ4v) is 3.39. The lowest BCUT2D eigenvalue weighted by Crippen LogP contribution is -2.27. The van der Waals surface area contributed by atoms with Gasteiger partial charge in [-0.05, 0) is 29.7 Å². The SMILES string of the molecule is Cn1ccc(CCNS(=O)(=O)Cc2ccccc2Cl)c1. The van der Waals surface area contributed by atoms with Crippen molar-refractivity contribution in [3.8, 4) is 0 Å². The van der Waals surface area contributed by atoms with Crippen LogP contribution >= 0.6 is 11.6 Å². The van der Waals surface area contributed by atoms with Crippen molar-refractivity contribution in [2.24, 2.45) is 7.05 Å². The predicted octanol–water partition coefficient (Wildman–Crippen LogP) is 2.34. The lowest BCUT2D eigenvalue weighted by atomic mass is 10.2. The molecule has 0 amide bonds. The first-order valence-electron chi connectivity index (χ1n) is 6.28. The molecule has 108 valence electrons. The first kappa shape index (κ1) is 15.1. The highest BCUT2D eigenvalue weighted by Gasteiger charge is 2.13. The van der Waals surface area contributed by atoms with Gasteiger partial charge in [0.1, 0.15) is 0 Å². The number of rotatable bonds is 6. The molecule has 0 fully saturated rings. The molecule has 4 nitrogen and oxygen atoms in total. The molecule has 0 bridgehead atoms. The van der Waals surface area contributed by atoms with Crippen LogP contribution in [-0.2, 0) is 29.2 Å². The minimum absolute atomic E-state index is 0.0958. The number of aromatic nitrogens is 1. The van der Waals surface area contributed by atoms with Crippen LogP contribution in [0, 0.1) is 0 Å². The molecule has 0 unspecified atom stereocenters. The van der Waals surface area contributed by atoms with Crippen LogP contribution < -0.4 is 4.72 Å². The smallest absolute Gasteiger partial charge is 0.215 e. The Bertz CT molecular complexity index is 680. The van der Waals surface area contributed by atoms with Gasteiger partial charge in [0, 0.05) is 31.0 Å². The van der Waals surface area contributed by atoms with Gasteiger partial charge in [-0.2, -0.15) is 0 Å². The van der Waals surface area contributed by atoms with E-state index in [0.717, 1.165) is 5.56 Å². The summed E-state index contributed by atoms with van der Waals surface area (Å²) in [4.78, 5) is 0. The van der Waals surface area contributed by atoms with Gasteiger partial charge in [0.05, 0.1) is 5.75 Å². The molecule has 20 heavy (non-hydrogen) atoms. The summed E-state index contributed by atoms with van der Waals surface area (Å²) in [5.74, 6) is -0.0958. The first-order chi connectivity index (χ1) is 9.46. The third-order valence-corrected chi connectivity index (χ3v) is 4.64. The summed E-state index contributed by atoms with van der Waals surface area (Å²) in [7, 11) is -1.43. The molecule has 2 rings (SSSR count). The van der Waals surface area contributed by atoms with E-state index in [1.165, 1.54) is 0 Å². The summed E-state index contributed by atoms with van der Waals surface area (Å²) < 4.78 is 28.5. The number of aryl methyl sites for hydroxylation is 1. The van der Waals surface area contributed by atoms with E-state index in [0.29, 0.717) is 23.6 Å². The first-order valence-corrected chi connectivity index (χ1v) is 8.31. The lowest BCUT2D eigenvalue weighted by Gasteiger charge is -2.07. The second kappa shape index (κ2) is 6.43. The fraction of sp³-hybridized carbons (Fsp3) is 0.286. The summed E-state index contributed by atoms with van der Waals surface area (Å²) >= 11 is 5.97. The highest BCUT2D eigenvalue weighted by molar-refractivity contribution is 7.88. The molecule has 1 heterocycles. The van der Waals surface area contributed by atoms with Gasteiger partial charge in [-0.25, -0.2) is 13.1 Å². The van der Waals surface area contributed by atoms with E-state index in [-0.39, 0.29) is 5.75 Å². The lowest BCUT2D eigenvalue weighted by molar-refractivity contribution is 0.581. The minimum atomic E-state index is -3.36. The Hall–Kier alpha value is -1.30. The highest BCUT2D eigenvalue weighted by Crippen LogP contribution is 2.17. The van der Waals surface area contributed by atoms with Crippen molar-refractivity contribution in [3.05, 3.63) is 58.9 Å². The average molecular weight is 313 g/mol. The Balaban J connectivity index is 1.90. The van der Waals surface area contributed by atoms with Crippen molar-refractivity contribution in [1.29, 1.82) is 0 Å². The largest absolute Gasteiger partial charge is 0.357 e. The van der Waals surface area contributed by atoms with Crippen LogP contribution in [0.25, 0.3) is 0 Å². The molecule has 0 atom stereocenters. The Morgan fingerprint density at radius 1 is 1.25 bits per heavy atom. The van der Waals surface area contributed by atoms with E-state index in [1.54, 1.807) is 24.3 Å². The normalized spacial score (nSPS) is 11.7. The molecule has 1 aromatic heterocycles. The van der Waals surface area contributed by atoms with E-state index in [4.69, 9.17) is 11.6 Å². The zero-order chi connectivity index (χ0) is 14.6. The van der Waals surface area contributed by atoms with Crippen molar-refractivity contribution in [1.82, 2.24) is 9.29 Å². The van der Waals surface area contributed by atoms with Crippen molar-refractivity contribution in [2.75, 3.05) is 6.54 Å².